The number of benzene rings is 1. The molecule has 0 radical (unpaired) electrons. The Morgan fingerprint density at radius 1 is 1.21 bits per heavy atom. The van der Waals surface area contributed by atoms with E-state index in [1.165, 1.54) is 18.3 Å². The van der Waals surface area contributed by atoms with E-state index >= 15 is 0 Å². The number of anilines is 3. The minimum atomic E-state index is -0.306. The Morgan fingerprint density at radius 3 is 2.68 bits per heavy atom. The number of nitrogens with one attached hydrogen (secondary N) is 2. The first-order valence-electron chi connectivity index (χ1n) is 5.93. The van der Waals surface area contributed by atoms with Gasteiger partial charge in [-0.2, -0.15) is 10.1 Å². The van der Waals surface area contributed by atoms with Crippen molar-refractivity contribution in [2.45, 2.75) is 26.3 Å². The van der Waals surface area contributed by atoms with Crippen LogP contribution < -0.4 is 10.6 Å². The van der Waals surface area contributed by atoms with E-state index < -0.39 is 0 Å². The van der Waals surface area contributed by atoms with Crippen LogP contribution in [0.3, 0.4) is 0 Å². The second kappa shape index (κ2) is 5.17. The van der Waals surface area contributed by atoms with Gasteiger partial charge in [0, 0.05) is 11.2 Å². The van der Waals surface area contributed by atoms with Crippen LogP contribution in [0.4, 0.5) is 21.8 Å². The monoisotopic (exact) mass is 261 g/mol. The van der Waals surface area contributed by atoms with E-state index in [1.54, 1.807) is 12.1 Å². The van der Waals surface area contributed by atoms with E-state index in [4.69, 9.17) is 0 Å². The Labute approximate surface area is 111 Å². The van der Waals surface area contributed by atoms with Crippen molar-refractivity contribution in [2.24, 2.45) is 0 Å². The third kappa shape index (κ3) is 4.17. The molecule has 0 aliphatic rings. The SMILES string of the molecule is CC(C)(C)Nc1nncc(Nc2cccc(F)c2)n1. The Bertz CT molecular complexity index is 565. The van der Waals surface area contributed by atoms with Crippen LogP contribution in [0.1, 0.15) is 20.8 Å². The smallest absolute Gasteiger partial charge is 0.245 e. The van der Waals surface area contributed by atoms with Crippen molar-refractivity contribution in [1.29, 1.82) is 0 Å². The van der Waals surface area contributed by atoms with Gasteiger partial charge in [-0.15, -0.1) is 5.10 Å². The zero-order chi connectivity index (χ0) is 13.9. The molecular weight excluding hydrogens is 245 g/mol. The van der Waals surface area contributed by atoms with Gasteiger partial charge in [0.2, 0.25) is 5.95 Å². The molecule has 0 spiro atoms. The quantitative estimate of drug-likeness (QED) is 0.889. The van der Waals surface area contributed by atoms with Crippen LogP contribution in [0.15, 0.2) is 30.5 Å². The summed E-state index contributed by atoms with van der Waals surface area (Å²) in [6, 6.07) is 6.15. The molecule has 2 rings (SSSR count). The van der Waals surface area contributed by atoms with E-state index in [0.717, 1.165) is 0 Å². The first-order valence-corrected chi connectivity index (χ1v) is 5.93. The van der Waals surface area contributed by atoms with Crippen molar-refractivity contribution in [2.75, 3.05) is 10.6 Å². The number of halogens is 1. The molecule has 100 valence electrons. The summed E-state index contributed by atoms with van der Waals surface area (Å²) in [5.41, 5.74) is 0.460. The molecule has 0 saturated carbocycles. The molecule has 0 atom stereocenters. The van der Waals surface area contributed by atoms with Crippen LogP contribution in [-0.4, -0.2) is 20.7 Å². The summed E-state index contributed by atoms with van der Waals surface area (Å²) in [4.78, 5) is 4.26. The second-order valence-corrected chi connectivity index (χ2v) is 5.18. The highest BCUT2D eigenvalue weighted by Gasteiger charge is 2.11. The fourth-order valence-electron chi connectivity index (χ4n) is 1.47. The van der Waals surface area contributed by atoms with Crippen molar-refractivity contribution in [3.63, 3.8) is 0 Å². The van der Waals surface area contributed by atoms with Gasteiger partial charge in [-0.3, -0.25) is 0 Å². The van der Waals surface area contributed by atoms with E-state index in [9.17, 15) is 4.39 Å². The Hall–Kier alpha value is -2.24. The Balaban J connectivity index is 2.15. The summed E-state index contributed by atoms with van der Waals surface area (Å²) in [6.07, 6.45) is 1.48. The summed E-state index contributed by atoms with van der Waals surface area (Å²) in [7, 11) is 0. The highest BCUT2D eigenvalue weighted by molar-refractivity contribution is 5.55. The third-order valence-corrected chi connectivity index (χ3v) is 2.14. The van der Waals surface area contributed by atoms with Crippen LogP contribution in [-0.2, 0) is 0 Å². The molecule has 6 heteroatoms. The molecule has 2 aromatic rings. The summed E-state index contributed by atoms with van der Waals surface area (Å²) < 4.78 is 13.1. The highest BCUT2D eigenvalue weighted by Crippen LogP contribution is 2.16. The average Bonchev–Trinajstić information content (AvgIpc) is 2.27. The van der Waals surface area contributed by atoms with E-state index in [1.807, 2.05) is 20.8 Å². The van der Waals surface area contributed by atoms with Gasteiger partial charge >= 0.3 is 0 Å². The molecule has 0 bridgehead atoms. The summed E-state index contributed by atoms with van der Waals surface area (Å²) in [5.74, 6) is 0.626. The molecule has 0 unspecified atom stereocenters. The van der Waals surface area contributed by atoms with Gasteiger partial charge in [-0.05, 0) is 39.0 Å². The molecule has 1 aromatic heterocycles. The molecule has 0 fully saturated rings. The lowest BCUT2D eigenvalue weighted by Crippen LogP contribution is -2.27. The number of hydrogen-bond donors (Lipinski definition) is 2. The number of rotatable bonds is 3. The zero-order valence-corrected chi connectivity index (χ0v) is 11.1. The first kappa shape index (κ1) is 13.2. The maximum absolute atomic E-state index is 13.1. The van der Waals surface area contributed by atoms with Gasteiger partial charge in [0.15, 0.2) is 5.82 Å². The van der Waals surface area contributed by atoms with Gasteiger partial charge in [-0.1, -0.05) is 6.07 Å². The average molecular weight is 261 g/mol. The summed E-state index contributed by atoms with van der Waals surface area (Å²) >= 11 is 0. The van der Waals surface area contributed by atoms with Crippen LogP contribution in [0.2, 0.25) is 0 Å². The Morgan fingerprint density at radius 2 is 2.00 bits per heavy atom. The van der Waals surface area contributed by atoms with Crippen molar-refractivity contribution < 1.29 is 4.39 Å². The predicted molar refractivity (Wildman–Crippen MR) is 72.9 cm³/mol. The maximum atomic E-state index is 13.1. The highest BCUT2D eigenvalue weighted by atomic mass is 19.1. The zero-order valence-electron chi connectivity index (χ0n) is 11.1. The van der Waals surface area contributed by atoms with E-state index in [2.05, 4.69) is 25.8 Å². The third-order valence-electron chi connectivity index (χ3n) is 2.14. The van der Waals surface area contributed by atoms with Crippen molar-refractivity contribution in [3.8, 4) is 0 Å². The molecule has 1 heterocycles. The minimum Gasteiger partial charge on any atom is -0.348 e. The Kier molecular flexibility index (Phi) is 3.59. The molecule has 0 saturated heterocycles. The lowest BCUT2D eigenvalue weighted by molar-refractivity contribution is 0.623. The summed E-state index contributed by atoms with van der Waals surface area (Å²) in [6.45, 7) is 6.01. The van der Waals surface area contributed by atoms with Gasteiger partial charge in [0.1, 0.15) is 5.82 Å². The largest absolute Gasteiger partial charge is 0.348 e. The topological polar surface area (TPSA) is 62.7 Å². The molecule has 0 aliphatic carbocycles. The van der Waals surface area contributed by atoms with E-state index in [-0.39, 0.29) is 11.4 Å². The fourth-order valence-corrected chi connectivity index (χ4v) is 1.47. The van der Waals surface area contributed by atoms with Gasteiger partial charge in [-0.25, -0.2) is 4.39 Å². The lowest BCUT2D eigenvalue weighted by atomic mass is 10.1. The fraction of sp³-hybridized carbons (Fsp3) is 0.308. The molecule has 5 nitrogen and oxygen atoms in total. The van der Waals surface area contributed by atoms with E-state index in [0.29, 0.717) is 17.5 Å². The second-order valence-electron chi connectivity index (χ2n) is 5.18. The van der Waals surface area contributed by atoms with Crippen LogP contribution in [0, 0.1) is 5.82 Å². The maximum Gasteiger partial charge on any atom is 0.245 e. The molecule has 1 aromatic carbocycles. The summed E-state index contributed by atoms with van der Waals surface area (Å²) in [5, 5.41) is 13.9. The van der Waals surface area contributed by atoms with Gasteiger partial charge in [0.25, 0.3) is 0 Å². The minimum absolute atomic E-state index is 0.154. The predicted octanol–water partition coefficient (Wildman–Crippen LogP) is 2.96. The first-order chi connectivity index (χ1) is 8.92. The van der Waals surface area contributed by atoms with Crippen LogP contribution >= 0.6 is 0 Å². The normalized spacial score (nSPS) is 11.2. The van der Waals surface area contributed by atoms with Gasteiger partial charge in [0.05, 0.1) is 6.20 Å². The van der Waals surface area contributed by atoms with Crippen molar-refractivity contribution in [3.05, 3.63) is 36.3 Å². The molecule has 2 N–H and O–H groups in total. The molecule has 19 heavy (non-hydrogen) atoms. The van der Waals surface area contributed by atoms with Crippen LogP contribution in [0.25, 0.3) is 0 Å². The van der Waals surface area contributed by atoms with Crippen molar-refractivity contribution in [1.82, 2.24) is 15.2 Å². The standard InChI is InChI=1S/C13H16FN5/c1-13(2,3)18-12-17-11(8-15-19-12)16-10-6-4-5-9(14)7-10/h4-8H,1-3H3,(H2,16,17,18,19). The van der Waals surface area contributed by atoms with Crippen molar-refractivity contribution >= 4 is 17.5 Å². The molecule has 0 amide bonds. The number of aromatic nitrogens is 3. The number of hydrogen-bond acceptors (Lipinski definition) is 5. The number of nitrogens with zero attached hydrogens (tertiary/aromatic N) is 3. The molecular formula is C13H16FN5. The lowest BCUT2D eigenvalue weighted by Gasteiger charge is -2.20. The van der Waals surface area contributed by atoms with Gasteiger partial charge < -0.3 is 10.6 Å². The van der Waals surface area contributed by atoms with Crippen LogP contribution in [0.5, 0.6) is 0 Å². The molecule has 0 aliphatic heterocycles.